The van der Waals surface area contributed by atoms with Crippen molar-refractivity contribution in [3.63, 3.8) is 0 Å². The third kappa shape index (κ3) is 6.00. The molecule has 0 heteroatoms. The van der Waals surface area contributed by atoms with E-state index in [4.69, 9.17) is 0 Å². The van der Waals surface area contributed by atoms with E-state index in [1.54, 1.807) is 0 Å². The Kier molecular flexibility index (Phi) is 8.96. The fourth-order valence-electron chi connectivity index (χ4n) is 11.1. The van der Waals surface area contributed by atoms with Crippen LogP contribution in [0.1, 0.15) is 0 Å². The average Bonchev–Trinajstić information content (AvgIpc) is 3.40. The molecule has 306 valence electrons. The quantitative estimate of drug-likeness (QED) is 0.146. The van der Waals surface area contributed by atoms with Gasteiger partial charge in [-0.15, -0.1) is 0 Å². The van der Waals surface area contributed by atoms with Gasteiger partial charge in [-0.05, 0) is 150 Å². The smallest absolute Gasteiger partial charge is 0.00199 e. The van der Waals surface area contributed by atoms with Crippen LogP contribution in [0.15, 0.2) is 255 Å². The molecule has 0 amide bonds. The molecule has 0 bridgehead atoms. The van der Waals surface area contributed by atoms with Crippen LogP contribution in [-0.2, 0) is 0 Å². The zero-order chi connectivity index (χ0) is 43.6. The van der Waals surface area contributed by atoms with Crippen molar-refractivity contribution in [3.8, 4) is 66.8 Å². The summed E-state index contributed by atoms with van der Waals surface area (Å²) in [6.07, 6.45) is 0. The fraction of sp³-hybridized carbons (Fsp3) is 0. The Balaban J connectivity index is 1.27. The predicted molar refractivity (Wildman–Crippen MR) is 284 cm³/mol. The first kappa shape index (κ1) is 37.9. The molecule has 0 heterocycles. The van der Waals surface area contributed by atoms with Crippen LogP contribution in [0.2, 0.25) is 0 Å². The lowest BCUT2D eigenvalue weighted by molar-refractivity contribution is 1.59. The van der Waals surface area contributed by atoms with Gasteiger partial charge in [0.25, 0.3) is 0 Å². The van der Waals surface area contributed by atoms with E-state index in [-0.39, 0.29) is 0 Å². The van der Waals surface area contributed by atoms with Crippen LogP contribution in [-0.4, -0.2) is 0 Å². The molecule has 0 aromatic heterocycles. The summed E-state index contributed by atoms with van der Waals surface area (Å²) < 4.78 is 0. The minimum atomic E-state index is 1.18. The van der Waals surface area contributed by atoms with Crippen LogP contribution in [0.25, 0.3) is 131 Å². The molecule has 0 atom stereocenters. The van der Waals surface area contributed by atoms with Crippen molar-refractivity contribution in [2.45, 2.75) is 0 Å². The van der Waals surface area contributed by atoms with Crippen molar-refractivity contribution in [2.75, 3.05) is 0 Å². The van der Waals surface area contributed by atoms with Crippen molar-refractivity contribution >= 4 is 64.6 Å². The van der Waals surface area contributed by atoms with E-state index in [9.17, 15) is 0 Å². The summed E-state index contributed by atoms with van der Waals surface area (Å²) in [5, 5.41) is 14.9. The highest BCUT2D eigenvalue weighted by Gasteiger charge is 2.24. The Morgan fingerprint density at radius 1 is 0.121 bits per heavy atom. The lowest BCUT2D eigenvalue weighted by atomic mass is 9.79. The Bertz CT molecular complexity index is 3580. The molecule has 0 N–H and O–H groups in total. The van der Waals surface area contributed by atoms with Crippen LogP contribution in [0.4, 0.5) is 0 Å². The zero-order valence-corrected chi connectivity index (χ0v) is 36.2. The molecule has 0 fully saturated rings. The van der Waals surface area contributed by atoms with Crippen molar-refractivity contribution in [1.82, 2.24) is 0 Å². The first-order valence-corrected chi connectivity index (χ1v) is 22.9. The Morgan fingerprint density at radius 2 is 0.273 bits per heavy atom. The minimum absolute atomic E-state index is 1.18. The summed E-state index contributed by atoms with van der Waals surface area (Å²) in [7, 11) is 0. The predicted octanol–water partition coefficient (Wildman–Crippen LogP) is 18.6. The Labute approximate surface area is 384 Å². The number of hydrogen-bond donors (Lipinski definition) is 0. The fourth-order valence-corrected chi connectivity index (χ4v) is 11.1. The van der Waals surface area contributed by atoms with Crippen LogP contribution < -0.4 is 0 Å². The molecule has 0 aliphatic carbocycles. The van der Waals surface area contributed by atoms with Gasteiger partial charge in [-0.2, -0.15) is 0 Å². The molecule has 13 aromatic carbocycles. The number of rotatable bonds is 6. The summed E-state index contributed by atoms with van der Waals surface area (Å²) in [4.78, 5) is 0. The summed E-state index contributed by atoms with van der Waals surface area (Å²) in [6, 6.07) is 94.5. The molecule has 66 heavy (non-hydrogen) atoms. The summed E-state index contributed by atoms with van der Waals surface area (Å²) in [6.45, 7) is 0. The Hall–Kier alpha value is -8.58. The van der Waals surface area contributed by atoms with E-state index in [2.05, 4.69) is 255 Å². The SMILES string of the molecule is c1ccc(-c2c(-c3cc(-c4c(-c5ccccc5)c5ccccc5c5ccccc45)cc(-c4c(-c5ccccc5)c5ccccc5c5ccccc45)c3)c3ccccc3c3ccccc23)cc1. The van der Waals surface area contributed by atoms with Crippen LogP contribution in [0.5, 0.6) is 0 Å². The molecular formula is C66H42. The number of benzene rings is 13. The minimum Gasteiger partial charge on any atom is -0.0622 e. The second kappa shape index (κ2) is 15.6. The molecule has 0 nitrogen and oxygen atoms in total. The van der Waals surface area contributed by atoms with E-state index >= 15 is 0 Å². The van der Waals surface area contributed by atoms with E-state index in [0.717, 1.165) is 0 Å². The highest BCUT2D eigenvalue weighted by atomic mass is 14.3. The molecule has 0 aliphatic heterocycles. The van der Waals surface area contributed by atoms with Crippen molar-refractivity contribution in [2.24, 2.45) is 0 Å². The van der Waals surface area contributed by atoms with Gasteiger partial charge in [0, 0.05) is 0 Å². The molecule has 13 rings (SSSR count). The van der Waals surface area contributed by atoms with Crippen LogP contribution in [0.3, 0.4) is 0 Å². The average molecular weight is 835 g/mol. The second-order valence-electron chi connectivity index (χ2n) is 17.4. The van der Waals surface area contributed by atoms with Gasteiger partial charge in [-0.25, -0.2) is 0 Å². The zero-order valence-electron chi connectivity index (χ0n) is 36.2. The second-order valence-corrected chi connectivity index (χ2v) is 17.4. The van der Waals surface area contributed by atoms with E-state index in [0.29, 0.717) is 0 Å². The van der Waals surface area contributed by atoms with Gasteiger partial charge in [0.1, 0.15) is 0 Å². The maximum absolute atomic E-state index is 2.50. The molecule has 0 saturated heterocycles. The van der Waals surface area contributed by atoms with Gasteiger partial charge < -0.3 is 0 Å². The molecule has 0 aliphatic rings. The molecular weight excluding hydrogens is 793 g/mol. The monoisotopic (exact) mass is 834 g/mol. The summed E-state index contributed by atoms with van der Waals surface area (Å²) >= 11 is 0. The maximum atomic E-state index is 2.50. The topological polar surface area (TPSA) is 0 Å². The first-order chi connectivity index (χ1) is 32.8. The van der Waals surface area contributed by atoms with E-state index in [1.807, 2.05) is 0 Å². The highest BCUT2D eigenvalue weighted by Crippen LogP contribution is 2.52. The van der Waals surface area contributed by atoms with Crippen molar-refractivity contribution in [1.29, 1.82) is 0 Å². The van der Waals surface area contributed by atoms with Crippen LogP contribution in [0, 0.1) is 0 Å². The van der Waals surface area contributed by atoms with E-state index < -0.39 is 0 Å². The van der Waals surface area contributed by atoms with Gasteiger partial charge in [0.2, 0.25) is 0 Å². The third-order valence-electron chi connectivity index (χ3n) is 13.8. The van der Waals surface area contributed by atoms with Gasteiger partial charge in [-0.1, -0.05) is 237 Å². The molecule has 0 unspecified atom stereocenters. The lowest BCUT2D eigenvalue weighted by Gasteiger charge is -2.24. The molecule has 0 radical (unpaired) electrons. The lowest BCUT2D eigenvalue weighted by Crippen LogP contribution is -1.97. The third-order valence-corrected chi connectivity index (χ3v) is 13.8. The maximum Gasteiger partial charge on any atom is -0.00199 e. The van der Waals surface area contributed by atoms with Gasteiger partial charge >= 0.3 is 0 Å². The van der Waals surface area contributed by atoms with Crippen LogP contribution >= 0.6 is 0 Å². The van der Waals surface area contributed by atoms with Crippen molar-refractivity contribution in [3.05, 3.63) is 255 Å². The van der Waals surface area contributed by atoms with Gasteiger partial charge in [0.05, 0.1) is 0 Å². The molecule has 0 spiro atoms. The number of hydrogen-bond acceptors (Lipinski definition) is 0. The van der Waals surface area contributed by atoms with Gasteiger partial charge in [0.15, 0.2) is 0 Å². The molecule has 13 aromatic rings. The largest absolute Gasteiger partial charge is 0.0622 e. The molecule has 0 saturated carbocycles. The number of fused-ring (bicyclic) bond motifs is 9. The van der Waals surface area contributed by atoms with Gasteiger partial charge in [-0.3, -0.25) is 0 Å². The highest BCUT2D eigenvalue weighted by molar-refractivity contribution is 6.26. The standard InChI is InChI=1S/C66H42/c1-4-22-43(23-5-1)61-55-34-16-10-28-49(55)52-31-13-19-37-58(52)64(61)46-40-47(65-59-38-20-14-32-53(59)50-29-11-17-35-56(50)62(65)44-24-6-2-7-25-44)42-48(41-46)66-60-39-21-15-33-54(60)51-30-12-18-36-57(51)63(66)45-26-8-3-9-27-45/h1-42H. The summed E-state index contributed by atoms with van der Waals surface area (Å²) in [5.41, 5.74) is 14.5. The summed E-state index contributed by atoms with van der Waals surface area (Å²) in [5.74, 6) is 0. The first-order valence-electron chi connectivity index (χ1n) is 22.9. The van der Waals surface area contributed by atoms with E-state index in [1.165, 1.54) is 131 Å². The normalized spacial score (nSPS) is 11.6. The van der Waals surface area contributed by atoms with Crippen molar-refractivity contribution < 1.29 is 0 Å². The Morgan fingerprint density at radius 3 is 0.470 bits per heavy atom.